The highest BCUT2D eigenvalue weighted by atomic mass is 32.2. The van der Waals surface area contributed by atoms with Gasteiger partial charge in [-0.2, -0.15) is 0 Å². The number of carbonyl (C=O) groups is 1. The van der Waals surface area contributed by atoms with E-state index in [-0.39, 0.29) is 5.91 Å². The molecular weight excluding hydrogens is 444 g/mol. The first-order valence-corrected chi connectivity index (χ1v) is 12.1. The average Bonchev–Trinajstić information content (AvgIpc) is 3.14. The van der Waals surface area contributed by atoms with Crippen LogP contribution in [0.3, 0.4) is 0 Å². The van der Waals surface area contributed by atoms with Crippen molar-refractivity contribution in [2.75, 3.05) is 18.6 Å². The quantitative estimate of drug-likeness (QED) is 0.351. The van der Waals surface area contributed by atoms with Crippen LogP contribution in [0.25, 0.3) is 6.08 Å². The molecule has 5 nitrogen and oxygen atoms in total. The van der Waals surface area contributed by atoms with Gasteiger partial charge in [0.1, 0.15) is 0 Å². The molecule has 1 amide bonds. The second kappa shape index (κ2) is 10.6. The zero-order valence-corrected chi connectivity index (χ0v) is 20.7. The number of thioether (sulfide) groups is 1. The third kappa shape index (κ3) is 5.34. The summed E-state index contributed by atoms with van der Waals surface area (Å²) in [6, 6.07) is 21.5. The molecule has 34 heavy (non-hydrogen) atoms. The molecule has 0 unspecified atom stereocenters. The number of hydrogen-bond donors (Lipinski definition) is 0. The van der Waals surface area contributed by atoms with Gasteiger partial charge in [-0.05, 0) is 80.1 Å². The molecule has 0 spiro atoms. The van der Waals surface area contributed by atoms with Crippen molar-refractivity contribution in [2.24, 2.45) is 4.99 Å². The number of aryl methyl sites for hydroxylation is 2. The Balaban J connectivity index is 1.71. The van der Waals surface area contributed by atoms with Crippen LogP contribution in [-0.4, -0.2) is 24.8 Å². The summed E-state index contributed by atoms with van der Waals surface area (Å²) in [6.45, 7) is 6.74. The molecule has 6 heteroatoms. The van der Waals surface area contributed by atoms with Crippen LogP contribution in [0, 0.1) is 13.8 Å². The second-order valence-corrected chi connectivity index (χ2v) is 9.08. The fourth-order valence-corrected chi connectivity index (χ4v) is 4.46. The van der Waals surface area contributed by atoms with E-state index < -0.39 is 0 Å². The summed E-state index contributed by atoms with van der Waals surface area (Å²) in [4.78, 5) is 20.6. The van der Waals surface area contributed by atoms with Crippen LogP contribution in [0.2, 0.25) is 0 Å². The highest BCUT2D eigenvalue weighted by Crippen LogP contribution is 2.38. The van der Waals surface area contributed by atoms with Crippen LogP contribution in [0.1, 0.15) is 30.0 Å². The number of rotatable bonds is 7. The standard InChI is InChI=1S/C28H28N2O3S/c1-5-16-33-24-15-10-21(17-25(24)32-4)18-26-27(31)30(23-13-8-20(3)9-14-23)28(34-26)29-22-11-6-19(2)7-12-22/h6-15,17-18H,5,16H2,1-4H3/b26-18-,29-28?. The molecule has 0 N–H and O–H groups in total. The number of carbonyl (C=O) groups excluding carboxylic acids is 1. The van der Waals surface area contributed by atoms with Gasteiger partial charge in [0, 0.05) is 0 Å². The van der Waals surface area contributed by atoms with Gasteiger partial charge >= 0.3 is 0 Å². The lowest BCUT2D eigenvalue weighted by molar-refractivity contribution is -0.113. The molecule has 0 aliphatic carbocycles. The first-order valence-electron chi connectivity index (χ1n) is 11.3. The van der Waals surface area contributed by atoms with E-state index >= 15 is 0 Å². The van der Waals surface area contributed by atoms with Gasteiger partial charge in [0.05, 0.1) is 30.0 Å². The van der Waals surface area contributed by atoms with Crippen molar-refractivity contribution in [1.82, 2.24) is 0 Å². The van der Waals surface area contributed by atoms with E-state index in [9.17, 15) is 4.79 Å². The second-order valence-electron chi connectivity index (χ2n) is 8.08. The Morgan fingerprint density at radius 2 is 1.62 bits per heavy atom. The number of ether oxygens (including phenoxy) is 2. The van der Waals surface area contributed by atoms with E-state index in [1.54, 1.807) is 12.0 Å². The summed E-state index contributed by atoms with van der Waals surface area (Å²) in [5.41, 5.74) is 4.75. The molecular formula is C28H28N2O3S. The SMILES string of the molecule is CCCOc1ccc(/C=C2\SC(=Nc3ccc(C)cc3)N(c3ccc(C)cc3)C2=O)cc1OC. The minimum absolute atomic E-state index is 0.106. The van der Waals surface area contributed by atoms with E-state index in [0.29, 0.717) is 28.2 Å². The molecule has 3 aromatic carbocycles. The first-order chi connectivity index (χ1) is 16.5. The van der Waals surface area contributed by atoms with Gasteiger partial charge in [-0.1, -0.05) is 48.4 Å². The van der Waals surface area contributed by atoms with E-state index in [2.05, 4.69) is 6.92 Å². The Labute approximate surface area is 205 Å². The third-order valence-corrected chi connectivity index (χ3v) is 6.27. The fourth-order valence-electron chi connectivity index (χ4n) is 3.46. The molecule has 1 heterocycles. The number of amidine groups is 1. The number of aliphatic imine (C=N–C) groups is 1. The van der Waals surface area contributed by atoms with Gasteiger partial charge in [-0.3, -0.25) is 9.69 Å². The summed E-state index contributed by atoms with van der Waals surface area (Å²) >= 11 is 1.37. The maximum Gasteiger partial charge on any atom is 0.271 e. The number of methoxy groups -OCH3 is 1. The smallest absolute Gasteiger partial charge is 0.271 e. The Morgan fingerprint density at radius 3 is 2.26 bits per heavy atom. The van der Waals surface area contributed by atoms with Crippen molar-refractivity contribution in [2.45, 2.75) is 27.2 Å². The Hall–Kier alpha value is -3.51. The van der Waals surface area contributed by atoms with Crippen LogP contribution in [0.15, 0.2) is 76.6 Å². The lowest BCUT2D eigenvalue weighted by Crippen LogP contribution is -2.28. The van der Waals surface area contributed by atoms with Crippen molar-refractivity contribution in [3.8, 4) is 11.5 Å². The normalized spacial score (nSPS) is 15.9. The number of nitrogens with zero attached hydrogens (tertiary/aromatic N) is 2. The van der Waals surface area contributed by atoms with Crippen molar-refractivity contribution in [1.29, 1.82) is 0 Å². The fraction of sp³-hybridized carbons (Fsp3) is 0.214. The average molecular weight is 473 g/mol. The van der Waals surface area contributed by atoms with E-state index in [4.69, 9.17) is 14.5 Å². The third-order valence-electron chi connectivity index (χ3n) is 5.30. The van der Waals surface area contributed by atoms with Crippen molar-refractivity contribution >= 4 is 40.3 Å². The number of anilines is 1. The van der Waals surface area contributed by atoms with Gasteiger partial charge in [0.2, 0.25) is 0 Å². The van der Waals surface area contributed by atoms with Crippen LogP contribution in [0.5, 0.6) is 11.5 Å². The predicted molar refractivity (Wildman–Crippen MR) is 141 cm³/mol. The monoisotopic (exact) mass is 472 g/mol. The summed E-state index contributed by atoms with van der Waals surface area (Å²) < 4.78 is 11.3. The molecule has 3 aromatic rings. The van der Waals surface area contributed by atoms with Crippen LogP contribution >= 0.6 is 11.8 Å². The molecule has 0 aromatic heterocycles. The molecule has 0 saturated carbocycles. The summed E-state index contributed by atoms with van der Waals surface area (Å²) in [5, 5.41) is 0.624. The Bertz CT molecular complexity index is 1230. The lowest BCUT2D eigenvalue weighted by atomic mass is 10.1. The van der Waals surface area contributed by atoms with Crippen molar-refractivity contribution in [3.05, 3.63) is 88.3 Å². The number of amides is 1. The zero-order chi connectivity index (χ0) is 24.1. The topological polar surface area (TPSA) is 51.1 Å². The molecule has 1 saturated heterocycles. The molecule has 4 rings (SSSR count). The van der Waals surface area contributed by atoms with Crippen LogP contribution in [0.4, 0.5) is 11.4 Å². The highest BCUT2D eigenvalue weighted by molar-refractivity contribution is 8.19. The van der Waals surface area contributed by atoms with E-state index in [1.807, 2.05) is 86.7 Å². The summed E-state index contributed by atoms with van der Waals surface area (Å²) in [6.07, 6.45) is 2.79. The van der Waals surface area contributed by atoms with Gasteiger partial charge < -0.3 is 9.47 Å². The molecule has 1 aliphatic rings. The molecule has 1 fully saturated rings. The maximum atomic E-state index is 13.5. The number of hydrogen-bond acceptors (Lipinski definition) is 5. The minimum atomic E-state index is -0.106. The van der Waals surface area contributed by atoms with E-state index in [0.717, 1.165) is 34.5 Å². The van der Waals surface area contributed by atoms with Gasteiger partial charge in [-0.25, -0.2) is 4.99 Å². The highest BCUT2D eigenvalue weighted by Gasteiger charge is 2.34. The Morgan fingerprint density at radius 1 is 0.941 bits per heavy atom. The molecule has 1 aliphatic heterocycles. The van der Waals surface area contributed by atoms with Gasteiger partial charge in [0.15, 0.2) is 16.7 Å². The van der Waals surface area contributed by atoms with Crippen molar-refractivity contribution < 1.29 is 14.3 Å². The van der Waals surface area contributed by atoms with E-state index in [1.165, 1.54) is 11.8 Å². The van der Waals surface area contributed by atoms with Gasteiger partial charge in [0.25, 0.3) is 5.91 Å². The molecule has 0 radical (unpaired) electrons. The maximum absolute atomic E-state index is 13.5. The molecule has 174 valence electrons. The summed E-state index contributed by atoms with van der Waals surface area (Å²) in [7, 11) is 1.62. The molecule has 0 atom stereocenters. The first kappa shape index (κ1) is 23.6. The van der Waals surface area contributed by atoms with Crippen LogP contribution in [-0.2, 0) is 4.79 Å². The van der Waals surface area contributed by atoms with Crippen molar-refractivity contribution in [3.63, 3.8) is 0 Å². The predicted octanol–water partition coefficient (Wildman–Crippen LogP) is 6.91. The van der Waals surface area contributed by atoms with Crippen LogP contribution < -0.4 is 14.4 Å². The molecule has 0 bridgehead atoms. The largest absolute Gasteiger partial charge is 0.493 e. The lowest BCUT2D eigenvalue weighted by Gasteiger charge is -2.16. The summed E-state index contributed by atoms with van der Waals surface area (Å²) in [5.74, 6) is 1.23. The Kier molecular flexibility index (Phi) is 7.38. The zero-order valence-electron chi connectivity index (χ0n) is 19.9. The number of benzene rings is 3. The van der Waals surface area contributed by atoms with Gasteiger partial charge in [-0.15, -0.1) is 0 Å². The minimum Gasteiger partial charge on any atom is -0.493 e.